The molecule has 0 fully saturated rings. The Kier molecular flexibility index (Phi) is 9.39. The Balaban J connectivity index is 1.55. The van der Waals surface area contributed by atoms with Gasteiger partial charge in [0.25, 0.3) is 5.91 Å². The molecule has 0 bridgehead atoms. The molecule has 0 radical (unpaired) electrons. The van der Waals surface area contributed by atoms with Gasteiger partial charge in [-0.1, -0.05) is 55.5 Å². The van der Waals surface area contributed by atoms with Gasteiger partial charge in [0.1, 0.15) is 11.9 Å². The summed E-state index contributed by atoms with van der Waals surface area (Å²) in [5.41, 5.74) is 2.32. The Hall–Kier alpha value is -4.37. The smallest absolute Gasteiger partial charge is 0.321 e. The maximum atomic E-state index is 13.7. The molecule has 3 aromatic carbocycles. The predicted molar refractivity (Wildman–Crippen MR) is 154 cm³/mol. The Morgan fingerprint density at radius 3 is 2.38 bits per heavy atom. The van der Waals surface area contributed by atoms with E-state index < -0.39 is 12.1 Å². The molecule has 9 heteroatoms. The van der Waals surface area contributed by atoms with Crippen LogP contribution in [0.5, 0.6) is 5.75 Å². The molecule has 1 aliphatic heterocycles. The zero-order valence-electron chi connectivity index (χ0n) is 23.0. The third-order valence-corrected chi connectivity index (χ3v) is 6.98. The fourth-order valence-corrected chi connectivity index (χ4v) is 4.60. The molecule has 3 aromatic rings. The number of fused-ring (bicyclic) bond motifs is 1. The Morgan fingerprint density at radius 2 is 1.70 bits per heavy atom. The lowest BCUT2D eigenvalue weighted by Gasteiger charge is -2.38. The number of amides is 4. The molecule has 0 aromatic heterocycles. The number of hydrogen-bond donors (Lipinski definition) is 3. The minimum absolute atomic E-state index is 0.150. The van der Waals surface area contributed by atoms with E-state index in [0.29, 0.717) is 23.7 Å². The number of nitrogens with one attached hydrogen (secondary N) is 2. The van der Waals surface area contributed by atoms with Crippen LogP contribution in [0.2, 0.25) is 0 Å². The molecule has 40 heavy (non-hydrogen) atoms. The summed E-state index contributed by atoms with van der Waals surface area (Å²) in [5.74, 6) is -0.294. The summed E-state index contributed by atoms with van der Waals surface area (Å²) in [6.07, 6.45) is -0.238. The van der Waals surface area contributed by atoms with Crippen LogP contribution in [0.4, 0.5) is 16.2 Å². The number of hydrogen-bond acceptors (Lipinski definition) is 5. The van der Waals surface area contributed by atoms with Gasteiger partial charge in [0, 0.05) is 30.9 Å². The number of carbonyl (C=O) groups is 3. The molecule has 3 N–H and O–H groups in total. The predicted octanol–water partition coefficient (Wildman–Crippen LogP) is 4.25. The molecular formula is C31H36N4O5. The molecule has 3 atom stereocenters. The van der Waals surface area contributed by atoms with Crippen molar-refractivity contribution >= 4 is 29.2 Å². The first-order chi connectivity index (χ1) is 19.2. The largest absolute Gasteiger partial charge is 0.487 e. The quantitative estimate of drug-likeness (QED) is 0.393. The summed E-state index contributed by atoms with van der Waals surface area (Å²) in [6.45, 7) is 4.13. The normalized spacial score (nSPS) is 17.5. The number of rotatable bonds is 8. The summed E-state index contributed by atoms with van der Waals surface area (Å²) in [6, 6.07) is 22.9. The molecule has 4 rings (SSSR count). The topological polar surface area (TPSA) is 111 Å². The summed E-state index contributed by atoms with van der Waals surface area (Å²) in [4.78, 5) is 42.4. The van der Waals surface area contributed by atoms with Crippen LogP contribution in [-0.2, 0) is 11.2 Å². The lowest BCUT2D eigenvalue weighted by atomic mass is 9.99. The molecule has 1 aliphatic rings. The first-order valence-electron chi connectivity index (χ1n) is 13.4. The van der Waals surface area contributed by atoms with Gasteiger partial charge in [-0.2, -0.15) is 0 Å². The minimum Gasteiger partial charge on any atom is -0.487 e. The molecule has 0 aliphatic carbocycles. The summed E-state index contributed by atoms with van der Waals surface area (Å²) in [5, 5.41) is 15.6. The van der Waals surface area contributed by atoms with Gasteiger partial charge in [-0.25, -0.2) is 4.79 Å². The molecule has 1 heterocycles. The van der Waals surface area contributed by atoms with E-state index in [-0.39, 0.29) is 48.9 Å². The average molecular weight is 545 g/mol. The van der Waals surface area contributed by atoms with Crippen LogP contribution in [0.25, 0.3) is 0 Å². The summed E-state index contributed by atoms with van der Waals surface area (Å²) >= 11 is 0. The minimum atomic E-state index is -0.440. The molecule has 0 saturated heterocycles. The third kappa shape index (κ3) is 7.18. The molecule has 0 spiro atoms. The summed E-state index contributed by atoms with van der Waals surface area (Å²) in [7, 11) is 1.69. The van der Waals surface area contributed by atoms with Crippen molar-refractivity contribution < 1.29 is 24.2 Å². The van der Waals surface area contributed by atoms with Crippen LogP contribution in [0, 0.1) is 5.92 Å². The lowest BCUT2D eigenvalue weighted by molar-refractivity contribution is -0.115. The van der Waals surface area contributed by atoms with E-state index in [1.54, 1.807) is 42.0 Å². The van der Waals surface area contributed by atoms with E-state index in [2.05, 4.69) is 10.6 Å². The van der Waals surface area contributed by atoms with Crippen molar-refractivity contribution in [3.63, 3.8) is 0 Å². The van der Waals surface area contributed by atoms with Gasteiger partial charge in [-0.05, 0) is 42.8 Å². The third-order valence-electron chi connectivity index (χ3n) is 6.98. The highest BCUT2D eigenvalue weighted by Gasteiger charge is 2.34. The number of ether oxygens (including phenoxy) is 1. The van der Waals surface area contributed by atoms with Gasteiger partial charge in [-0.15, -0.1) is 0 Å². The van der Waals surface area contributed by atoms with Crippen molar-refractivity contribution in [1.29, 1.82) is 0 Å². The van der Waals surface area contributed by atoms with Crippen LogP contribution in [-0.4, -0.2) is 71.6 Å². The number of anilines is 2. The highest BCUT2D eigenvalue weighted by molar-refractivity contribution is 6.00. The maximum absolute atomic E-state index is 13.7. The van der Waals surface area contributed by atoms with Crippen molar-refractivity contribution in [2.75, 3.05) is 37.4 Å². The van der Waals surface area contributed by atoms with Gasteiger partial charge in [-0.3, -0.25) is 9.59 Å². The fraction of sp³-hybridized carbons (Fsp3) is 0.323. The maximum Gasteiger partial charge on any atom is 0.321 e. The van der Waals surface area contributed by atoms with Crippen molar-refractivity contribution in [2.24, 2.45) is 5.92 Å². The van der Waals surface area contributed by atoms with Crippen LogP contribution < -0.4 is 15.4 Å². The second-order valence-electron chi connectivity index (χ2n) is 10.2. The zero-order chi connectivity index (χ0) is 28.6. The highest BCUT2D eigenvalue weighted by Crippen LogP contribution is 2.31. The van der Waals surface area contributed by atoms with Gasteiger partial charge in [0.05, 0.1) is 31.2 Å². The second kappa shape index (κ2) is 13.1. The number of para-hydroxylation sites is 1. The number of aliphatic hydroxyl groups is 1. The van der Waals surface area contributed by atoms with Crippen molar-refractivity contribution in [3.05, 3.63) is 90.0 Å². The number of benzene rings is 3. The van der Waals surface area contributed by atoms with E-state index in [4.69, 9.17) is 4.74 Å². The molecular weight excluding hydrogens is 508 g/mol. The van der Waals surface area contributed by atoms with E-state index in [1.165, 1.54) is 0 Å². The Labute approximate surface area is 234 Å². The van der Waals surface area contributed by atoms with Crippen molar-refractivity contribution in [3.8, 4) is 5.75 Å². The van der Waals surface area contributed by atoms with Crippen LogP contribution in [0.15, 0.2) is 78.9 Å². The lowest BCUT2D eigenvalue weighted by Crippen LogP contribution is -2.50. The highest BCUT2D eigenvalue weighted by atomic mass is 16.5. The van der Waals surface area contributed by atoms with Crippen molar-refractivity contribution in [2.45, 2.75) is 32.4 Å². The van der Waals surface area contributed by atoms with Gasteiger partial charge in [0.15, 0.2) is 0 Å². The second-order valence-corrected chi connectivity index (χ2v) is 10.2. The number of likely N-dealkylation sites (N-methyl/N-ethyl adjacent to an activating group) is 1. The van der Waals surface area contributed by atoms with E-state index >= 15 is 0 Å². The number of carbonyl (C=O) groups excluding carboxylic acids is 3. The van der Waals surface area contributed by atoms with Gasteiger partial charge in [0.2, 0.25) is 5.91 Å². The molecule has 4 amide bonds. The van der Waals surface area contributed by atoms with Gasteiger partial charge < -0.3 is 30.3 Å². The molecule has 0 saturated carbocycles. The zero-order valence-corrected chi connectivity index (χ0v) is 23.0. The van der Waals surface area contributed by atoms with Crippen molar-refractivity contribution in [1.82, 2.24) is 9.80 Å². The van der Waals surface area contributed by atoms with E-state index in [1.807, 2.05) is 67.6 Å². The van der Waals surface area contributed by atoms with Crippen LogP contribution in [0.1, 0.15) is 29.8 Å². The molecule has 0 unspecified atom stereocenters. The fourth-order valence-electron chi connectivity index (χ4n) is 4.60. The monoisotopic (exact) mass is 544 g/mol. The van der Waals surface area contributed by atoms with Crippen LogP contribution in [0.3, 0.4) is 0 Å². The Bertz CT molecular complexity index is 1320. The first kappa shape index (κ1) is 28.6. The Morgan fingerprint density at radius 1 is 1.02 bits per heavy atom. The number of nitrogens with zero attached hydrogens (tertiary/aromatic N) is 2. The summed E-state index contributed by atoms with van der Waals surface area (Å²) < 4.78 is 6.36. The molecule has 9 nitrogen and oxygen atoms in total. The van der Waals surface area contributed by atoms with Gasteiger partial charge >= 0.3 is 6.03 Å². The SMILES string of the molecule is C[C@@H]1CN([C@@H](C)CO)C(=O)c2cc(NC(=O)Cc3ccccc3)ccc2O[C@@H]1CN(C)C(=O)Nc1ccccc1. The molecule has 210 valence electrons. The standard InChI is InChI=1S/C31H36N4O5/c1-21-18-35(22(2)20-36)30(38)26-17-25(32-29(37)16-23-10-6-4-7-11-23)14-15-27(26)40-28(21)19-34(3)31(39)33-24-12-8-5-9-13-24/h4-15,17,21-22,28,36H,16,18-20H2,1-3H3,(H,32,37)(H,33,39)/t21-,22+,28-/m1/s1. The average Bonchev–Trinajstić information content (AvgIpc) is 2.95. The number of aliphatic hydroxyl groups excluding tert-OH is 1. The van der Waals surface area contributed by atoms with Crippen LogP contribution >= 0.6 is 0 Å². The number of urea groups is 1. The first-order valence-corrected chi connectivity index (χ1v) is 13.4. The van der Waals surface area contributed by atoms with E-state index in [9.17, 15) is 19.5 Å². The van der Waals surface area contributed by atoms with E-state index in [0.717, 1.165) is 5.56 Å².